The fourth-order valence-electron chi connectivity index (χ4n) is 4.10. The van der Waals surface area contributed by atoms with Crippen LogP contribution in [0.2, 0.25) is 0 Å². The number of methoxy groups -OCH3 is 1. The molecular weight excluding hydrogens is 458 g/mol. The molecule has 0 bridgehead atoms. The third-order valence-corrected chi connectivity index (χ3v) is 6.02. The number of anilines is 1. The van der Waals surface area contributed by atoms with Gasteiger partial charge in [-0.15, -0.1) is 0 Å². The van der Waals surface area contributed by atoms with Crippen molar-refractivity contribution >= 4 is 17.5 Å². The lowest BCUT2D eigenvalue weighted by molar-refractivity contribution is -0.135. The molecule has 188 valence electrons. The van der Waals surface area contributed by atoms with Crippen LogP contribution in [0.15, 0.2) is 73.1 Å². The molecule has 1 unspecified atom stereocenters. The predicted octanol–water partition coefficient (Wildman–Crippen LogP) is 4.32. The van der Waals surface area contributed by atoms with Crippen molar-refractivity contribution in [2.75, 3.05) is 32.1 Å². The highest BCUT2D eigenvalue weighted by molar-refractivity contribution is 5.93. The lowest BCUT2D eigenvalue weighted by Gasteiger charge is -2.32. The number of nitrogens with one attached hydrogen (secondary N) is 1. The molecule has 0 radical (unpaired) electrons. The third kappa shape index (κ3) is 6.97. The largest absolute Gasteiger partial charge is 0.493 e. The Morgan fingerprint density at radius 1 is 1.06 bits per heavy atom. The first-order valence-electron chi connectivity index (χ1n) is 12.1. The van der Waals surface area contributed by atoms with E-state index in [1.165, 1.54) is 0 Å². The standard InChI is InChI=1S/C28H31N3O5/c1-34-25-12-11-23(17-26(25)36-20-21-7-5-14-29-18-21)30-28(33)22-8-6-15-31(19-22)27(32)13-16-35-24-9-3-2-4-10-24/h2-5,7,9-12,14,17-18,22H,6,8,13,15-16,19-20H2,1H3,(H,30,33). The molecular formula is C28H31N3O5. The number of para-hydroxylation sites is 1. The van der Waals surface area contributed by atoms with E-state index in [-0.39, 0.29) is 24.2 Å². The Bertz CT molecular complexity index is 1140. The number of piperidine rings is 1. The maximum atomic E-state index is 13.0. The fourth-order valence-corrected chi connectivity index (χ4v) is 4.10. The molecule has 8 nitrogen and oxygen atoms in total. The highest BCUT2D eigenvalue weighted by atomic mass is 16.5. The van der Waals surface area contributed by atoms with Gasteiger partial charge in [-0.1, -0.05) is 24.3 Å². The number of rotatable bonds is 10. The molecule has 1 aromatic heterocycles. The van der Waals surface area contributed by atoms with Crippen LogP contribution in [0, 0.1) is 5.92 Å². The van der Waals surface area contributed by atoms with E-state index in [1.807, 2.05) is 42.5 Å². The van der Waals surface area contributed by atoms with Gasteiger partial charge in [0.15, 0.2) is 11.5 Å². The van der Waals surface area contributed by atoms with Crippen molar-refractivity contribution in [1.29, 1.82) is 0 Å². The first kappa shape index (κ1) is 25.0. The van der Waals surface area contributed by atoms with E-state index in [1.54, 1.807) is 42.6 Å². The Kier molecular flexibility index (Phi) is 8.75. The molecule has 1 N–H and O–H groups in total. The number of aromatic nitrogens is 1. The summed E-state index contributed by atoms with van der Waals surface area (Å²) in [6.45, 7) is 1.69. The Morgan fingerprint density at radius 3 is 2.69 bits per heavy atom. The summed E-state index contributed by atoms with van der Waals surface area (Å²) >= 11 is 0. The molecule has 3 aromatic rings. The summed E-state index contributed by atoms with van der Waals surface area (Å²) in [7, 11) is 1.57. The molecule has 0 aliphatic carbocycles. The normalized spacial score (nSPS) is 15.1. The number of amides is 2. The van der Waals surface area contributed by atoms with Crippen LogP contribution in [-0.2, 0) is 16.2 Å². The molecule has 1 fully saturated rings. The van der Waals surface area contributed by atoms with E-state index in [9.17, 15) is 9.59 Å². The second kappa shape index (κ2) is 12.6. The quantitative estimate of drug-likeness (QED) is 0.456. The molecule has 1 aliphatic heterocycles. The minimum atomic E-state index is -0.278. The molecule has 4 rings (SSSR count). The summed E-state index contributed by atoms with van der Waals surface area (Å²) in [5.41, 5.74) is 1.54. The number of carbonyl (C=O) groups is 2. The van der Waals surface area contributed by atoms with Gasteiger partial charge in [0.05, 0.1) is 26.1 Å². The lowest BCUT2D eigenvalue weighted by atomic mass is 9.96. The molecule has 36 heavy (non-hydrogen) atoms. The van der Waals surface area contributed by atoms with Crippen molar-refractivity contribution in [2.45, 2.75) is 25.9 Å². The average Bonchev–Trinajstić information content (AvgIpc) is 2.93. The van der Waals surface area contributed by atoms with Gasteiger partial charge in [-0.3, -0.25) is 14.6 Å². The number of ether oxygens (including phenoxy) is 3. The fraction of sp³-hybridized carbons (Fsp3) is 0.321. The molecule has 1 aliphatic rings. The Labute approximate surface area is 211 Å². The summed E-state index contributed by atoms with van der Waals surface area (Å²) < 4.78 is 17.0. The number of pyridine rings is 1. The number of benzene rings is 2. The van der Waals surface area contributed by atoms with Gasteiger partial charge in [-0.25, -0.2) is 0 Å². The zero-order valence-corrected chi connectivity index (χ0v) is 20.4. The zero-order chi connectivity index (χ0) is 25.2. The van der Waals surface area contributed by atoms with Crippen molar-refractivity contribution in [1.82, 2.24) is 9.88 Å². The minimum absolute atomic E-state index is 0.000957. The molecule has 0 spiro atoms. The number of carbonyl (C=O) groups excluding carboxylic acids is 2. The Morgan fingerprint density at radius 2 is 1.92 bits per heavy atom. The van der Waals surface area contributed by atoms with E-state index in [0.29, 0.717) is 43.5 Å². The molecule has 1 atom stereocenters. The van der Waals surface area contributed by atoms with Gasteiger partial charge in [0.1, 0.15) is 12.4 Å². The van der Waals surface area contributed by atoms with Crippen LogP contribution in [-0.4, -0.2) is 48.5 Å². The molecule has 0 saturated carbocycles. The van der Waals surface area contributed by atoms with Crippen molar-refractivity contribution in [2.24, 2.45) is 5.92 Å². The second-order valence-corrected chi connectivity index (χ2v) is 8.60. The lowest BCUT2D eigenvalue weighted by Crippen LogP contribution is -2.44. The van der Waals surface area contributed by atoms with Gasteiger partial charge < -0.3 is 24.4 Å². The van der Waals surface area contributed by atoms with Crippen LogP contribution in [0.25, 0.3) is 0 Å². The molecule has 2 heterocycles. The van der Waals surface area contributed by atoms with E-state index in [0.717, 1.165) is 24.2 Å². The van der Waals surface area contributed by atoms with E-state index in [4.69, 9.17) is 14.2 Å². The number of likely N-dealkylation sites (tertiary alicyclic amines) is 1. The first-order chi connectivity index (χ1) is 17.6. The van der Waals surface area contributed by atoms with E-state index >= 15 is 0 Å². The van der Waals surface area contributed by atoms with Crippen LogP contribution >= 0.6 is 0 Å². The minimum Gasteiger partial charge on any atom is -0.493 e. The summed E-state index contributed by atoms with van der Waals surface area (Å²) in [5, 5.41) is 2.98. The van der Waals surface area contributed by atoms with Crippen LogP contribution in [0.4, 0.5) is 5.69 Å². The van der Waals surface area contributed by atoms with Gasteiger partial charge in [0, 0.05) is 42.8 Å². The number of hydrogen-bond donors (Lipinski definition) is 1. The monoisotopic (exact) mass is 489 g/mol. The highest BCUT2D eigenvalue weighted by Gasteiger charge is 2.28. The van der Waals surface area contributed by atoms with Crippen molar-refractivity contribution in [3.05, 3.63) is 78.6 Å². The Balaban J connectivity index is 1.30. The van der Waals surface area contributed by atoms with Crippen molar-refractivity contribution in [3.63, 3.8) is 0 Å². The maximum absolute atomic E-state index is 13.0. The molecule has 2 amide bonds. The summed E-state index contributed by atoms with van der Waals surface area (Å²) in [6.07, 6.45) is 5.24. The highest BCUT2D eigenvalue weighted by Crippen LogP contribution is 2.31. The average molecular weight is 490 g/mol. The molecule has 8 heteroatoms. The summed E-state index contributed by atoms with van der Waals surface area (Å²) in [5.74, 6) is 1.45. The second-order valence-electron chi connectivity index (χ2n) is 8.60. The maximum Gasteiger partial charge on any atom is 0.229 e. The molecule has 2 aromatic carbocycles. The zero-order valence-electron chi connectivity index (χ0n) is 20.4. The van der Waals surface area contributed by atoms with Gasteiger partial charge in [0.2, 0.25) is 11.8 Å². The van der Waals surface area contributed by atoms with Gasteiger partial charge >= 0.3 is 0 Å². The topological polar surface area (TPSA) is 90.0 Å². The van der Waals surface area contributed by atoms with E-state index < -0.39 is 0 Å². The van der Waals surface area contributed by atoms with Crippen LogP contribution < -0.4 is 19.5 Å². The first-order valence-corrected chi connectivity index (χ1v) is 12.1. The van der Waals surface area contributed by atoms with Gasteiger partial charge in [-0.05, 0) is 43.2 Å². The number of nitrogens with zero attached hydrogens (tertiary/aromatic N) is 2. The van der Waals surface area contributed by atoms with E-state index in [2.05, 4.69) is 10.3 Å². The van der Waals surface area contributed by atoms with Gasteiger partial charge in [0.25, 0.3) is 0 Å². The SMILES string of the molecule is COc1ccc(NC(=O)C2CCCN(C(=O)CCOc3ccccc3)C2)cc1OCc1cccnc1. The summed E-state index contributed by atoms with van der Waals surface area (Å²) in [6, 6.07) is 18.5. The Hall–Kier alpha value is -4.07. The van der Waals surface area contributed by atoms with Crippen LogP contribution in [0.3, 0.4) is 0 Å². The summed E-state index contributed by atoms with van der Waals surface area (Å²) in [4.78, 5) is 31.6. The number of hydrogen-bond acceptors (Lipinski definition) is 6. The predicted molar refractivity (Wildman–Crippen MR) is 136 cm³/mol. The third-order valence-electron chi connectivity index (χ3n) is 6.02. The van der Waals surface area contributed by atoms with Crippen LogP contribution in [0.1, 0.15) is 24.8 Å². The van der Waals surface area contributed by atoms with Crippen molar-refractivity contribution < 1.29 is 23.8 Å². The van der Waals surface area contributed by atoms with Crippen LogP contribution in [0.5, 0.6) is 17.2 Å². The smallest absolute Gasteiger partial charge is 0.229 e. The van der Waals surface area contributed by atoms with Crippen molar-refractivity contribution in [3.8, 4) is 17.2 Å². The molecule has 1 saturated heterocycles. The van der Waals surface area contributed by atoms with Gasteiger partial charge in [-0.2, -0.15) is 0 Å².